The highest BCUT2D eigenvalue weighted by atomic mass is 35.5. The van der Waals surface area contributed by atoms with Gasteiger partial charge in [-0.15, -0.1) is 5.10 Å². The number of hydrogen-bond acceptors (Lipinski definition) is 5. The first-order valence-corrected chi connectivity index (χ1v) is 8.13. The molecule has 2 N–H and O–H groups in total. The summed E-state index contributed by atoms with van der Waals surface area (Å²) in [6, 6.07) is 4.06. The molecule has 11 heteroatoms. The van der Waals surface area contributed by atoms with Crippen LogP contribution in [0, 0.1) is 0 Å². The van der Waals surface area contributed by atoms with Crippen LogP contribution in [0.15, 0.2) is 29.4 Å². The van der Waals surface area contributed by atoms with E-state index >= 15 is 0 Å². The lowest BCUT2D eigenvalue weighted by Gasteiger charge is -2.07. The van der Waals surface area contributed by atoms with E-state index in [1.165, 1.54) is 36.3 Å². The van der Waals surface area contributed by atoms with Gasteiger partial charge < -0.3 is 5.32 Å². The smallest absolute Gasteiger partial charge is 0.265 e. The Balaban J connectivity index is 2.22. The molecule has 0 aliphatic carbocycles. The molecule has 0 saturated heterocycles. The summed E-state index contributed by atoms with van der Waals surface area (Å²) in [5, 5.41) is 6.49. The maximum Gasteiger partial charge on any atom is 0.265 e. The number of aromatic nitrogens is 3. The molecule has 0 aliphatic rings. The minimum absolute atomic E-state index is 0.0155. The van der Waals surface area contributed by atoms with Gasteiger partial charge in [0.05, 0.1) is 5.02 Å². The molecule has 0 aliphatic heterocycles. The number of amides is 1. The topological polar surface area (TPSA) is 106 Å². The molecule has 0 atom stereocenters. The number of anilines is 1. The van der Waals surface area contributed by atoms with Crippen LogP contribution in [-0.2, 0) is 21.4 Å². The van der Waals surface area contributed by atoms with Gasteiger partial charge in [0.15, 0.2) is 0 Å². The number of hydrogen-bond donors (Lipinski definition) is 2. The summed E-state index contributed by atoms with van der Waals surface area (Å²) in [6.45, 7) is -0.0802. The second-order valence-corrected chi connectivity index (χ2v) is 6.61. The molecule has 0 radical (unpaired) electrons. The summed E-state index contributed by atoms with van der Waals surface area (Å²) in [4.78, 5) is 14.8. The van der Waals surface area contributed by atoms with Gasteiger partial charge in [-0.2, -0.15) is 4.98 Å². The molecule has 0 spiro atoms. The van der Waals surface area contributed by atoms with Crippen LogP contribution in [0.4, 0.5) is 5.95 Å². The number of carbonyl (C=O) groups excluding carboxylic acids is 1. The zero-order valence-electron chi connectivity index (χ0n) is 11.2. The molecule has 1 amide bonds. The number of halogens is 2. The normalized spacial score (nSPS) is 11.2. The average Bonchev–Trinajstić information content (AvgIpc) is 2.87. The monoisotopic (exact) mass is 363 g/mol. The summed E-state index contributed by atoms with van der Waals surface area (Å²) >= 11 is 11.6. The fourth-order valence-corrected chi connectivity index (χ4v) is 3.21. The van der Waals surface area contributed by atoms with E-state index in [1.54, 1.807) is 0 Å². The summed E-state index contributed by atoms with van der Waals surface area (Å²) in [5.41, 5.74) is 0. The van der Waals surface area contributed by atoms with Crippen LogP contribution in [0.25, 0.3) is 0 Å². The third-order valence-corrected chi connectivity index (χ3v) is 4.57. The number of carbonyl (C=O) groups is 1. The molecule has 0 fully saturated rings. The summed E-state index contributed by atoms with van der Waals surface area (Å²) in [6.07, 6.45) is 1.23. The van der Waals surface area contributed by atoms with Crippen molar-refractivity contribution in [3.63, 3.8) is 0 Å². The zero-order valence-corrected chi connectivity index (χ0v) is 13.6. The van der Waals surface area contributed by atoms with Crippen LogP contribution >= 0.6 is 23.2 Å². The van der Waals surface area contributed by atoms with E-state index in [0.717, 1.165) is 0 Å². The van der Waals surface area contributed by atoms with Crippen molar-refractivity contribution in [2.24, 2.45) is 0 Å². The van der Waals surface area contributed by atoms with Gasteiger partial charge in [-0.1, -0.05) is 23.2 Å². The highest BCUT2D eigenvalue weighted by molar-refractivity contribution is 7.92. The van der Waals surface area contributed by atoms with E-state index in [-0.39, 0.29) is 33.3 Å². The molecule has 2 rings (SSSR count). The molecule has 1 heterocycles. The average molecular weight is 364 g/mol. The lowest BCUT2D eigenvalue weighted by molar-refractivity contribution is -0.121. The molecular formula is C11H11Cl2N5O3S. The number of nitrogens with one attached hydrogen (secondary N) is 2. The zero-order chi connectivity index (χ0) is 16.3. The first-order valence-electron chi connectivity index (χ1n) is 5.90. The lowest BCUT2D eigenvalue weighted by atomic mass is 10.4. The van der Waals surface area contributed by atoms with Crippen molar-refractivity contribution >= 4 is 45.1 Å². The van der Waals surface area contributed by atoms with Gasteiger partial charge in [-0.05, 0) is 18.2 Å². The van der Waals surface area contributed by atoms with Crippen LogP contribution in [0.3, 0.4) is 0 Å². The van der Waals surface area contributed by atoms with E-state index in [2.05, 4.69) is 20.1 Å². The summed E-state index contributed by atoms with van der Waals surface area (Å²) in [5.74, 6) is -0.475. The quantitative estimate of drug-likeness (QED) is 0.827. The number of benzene rings is 1. The third kappa shape index (κ3) is 3.87. The van der Waals surface area contributed by atoms with E-state index in [0.29, 0.717) is 0 Å². The van der Waals surface area contributed by atoms with Gasteiger partial charge in [0.2, 0.25) is 5.91 Å². The third-order valence-electron chi connectivity index (χ3n) is 2.53. The van der Waals surface area contributed by atoms with E-state index in [1.807, 2.05) is 0 Å². The maximum absolute atomic E-state index is 12.2. The molecule has 0 bridgehead atoms. The van der Waals surface area contributed by atoms with Gasteiger partial charge in [-0.3, -0.25) is 4.79 Å². The van der Waals surface area contributed by atoms with Gasteiger partial charge in [0, 0.05) is 12.1 Å². The highest BCUT2D eigenvalue weighted by Gasteiger charge is 2.20. The Kier molecular flexibility index (Phi) is 4.89. The van der Waals surface area contributed by atoms with Crippen molar-refractivity contribution in [2.75, 3.05) is 11.8 Å². The molecule has 8 nitrogen and oxygen atoms in total. The standard InChI is InChI=1S/C11H11Cl2N5O3S/c1-14-10(19)5-18-6-15-11(16-18)17-22(20,21)9-4-7(12)2-3-8(9)13/h2-4,6H,5H2,1H3,(H,14,19)(H,16,17). The minimum atomic E-state index is -3.99. The summed E-state index contributed by atoms with van der Waals surface area (Å²) < 4.78 is 27.8. The van der Waals surface area contributed by atoms with Gasteiger partial charge >= 0.3 is 0 Å². The molecule has 1 aromatic heterocycles. The number of rotatable bonds is 5. The Morgan fingerprint density at radius 1 is 1.36 bits per heavy atom. The Hall–Kier alpha value is -1.84. The van der Waals surface area contributed by atoms with E-state index in [4.69, 9.17) is 23.2 Å². The second kappa shape index (κ2) is 6.51. The molecule has 22 heavy (non-hydrogen) atoms. The summed E-state index contributed by atoms with van der Waals surface area (Å²) in [7, 11) is -2.52. The van der Waals surface area contributed by atoms with Crippen molar-refractivity contribution in [3.05, 3.63) is 34.6 Å². The Labute approximate surface area is 136 Å². The second-order valence-electron chi connectivity index (χ2n) is 4.12. The van der Waals surface area contributed by atoms with Crippen LogP contribution < -0.4 is 10.0 Å². The first kappa shape index (κ1) is 16.5. The number of sulfonamides is 1. The molecule has 2 aromatic rings. The fourth-order valence-electron chi connectivity index (χ4n) is 1.50. The van der Waals surface area contributed by atoms with E-state index in [9.17, 15) is 13.2 Å². The lowest BCUT2D eigenvalue weighted by Crippen LogP contribution is -2.23. The van der Waals surface area contributed by atoms with Crippen molar-refractivity contribution in [1.29, 1.82) is 0 Å². The Morgan fingerprint density at radius 3 is 2.77 bits per heavy atom. The van der Waals surface area contributed by atoms with Crippen LogP contribution in [0.1, 0.15) is 0 Å². The van der Waals surface area contributed by atoms with Crippen molar-refractivity contribution < 1.29 is 13.2 Å². The number of likely N-dealkylation sites (N-methyl/N-ethyl adjacent to an activating group) is 1. The molecular weight excluding hydrogens is 353 g/mol. The number of nitrogens with zero attached hydrogens (tertiary/aromatic N) is 3. The molecule has 0 saturated carbocycles. The SMILES string of the molecule is CNC(=O)Cn1cnc(NS(=O)(=O)c2cc(Cl)ccc2Cl)n1. The largest absolute Gasteiger partial charge is 0.358 e. The maximum atomic E-state index is 12.2. The Morgan fingerprint density at radius 2 is 2.09 bits per heavy atom. The van der Waals surface area contributed by atoms with Crippen molar-refractivity contribution in [2.45, 2.75) is 11.4 Å². The van der Waals surface area contributed by atoms with E-state index < -0.39 is 10.0 Å². The van der Waals surface area contributed by atoms with Gasteiger partial charge in [0.1, 0.15) is 17.8 Å². The van der Waals surface area contributed by atoms with Crippen molar-refractivity contribution in [1.82, 2.24) is 20.1 Å². The minimum Gasteiger partial charge on any atom is -0.358 e. The molecule has 118 valence electrons. The predicted octanol–water partition coefficient (Wildman–Crippen LogP) is 1.13. The fraction of sp³-hybridized carbons (Fsp3) is 0.182. The highest BCUT2D eigenvalue weighted by Crippen LogP contribution is 2.26. The Bertz CT molecular complexity index is 806. The van der Waals surface area contributed by atoms with Crippen LogP contribution in [-0.4, -0.2) is 36.1 Å². The molecule has 0 unspecified atom stereocenters. The first-order chi connectivity index (χ1) is 10.3. The predicted molar refractivity (Wildman–Crippen MR) is 81.4 cm³/mol. The van der Waals surface area contributed by atoms with Crippen molar-refractivity contribution in [3.8, 4) is 0 Å². The van der Waals surface area contributed by atoms with Gasteiger partial charge in [-0.25, -0.2) is 17.8 Å². The van der Waals surface area contributed by atoms with Crippen LogP contribution in [0.5, 0.6) is 0 Å². The van der Waals surface area contributed by atoms with Crippen LogP contribution in [0.2, 0.25) is 10.0 Å². The van der Waals surface area contributed by atoms with Gasteiger partial charge in [0.25, 0.3) is 16.0 Å². The molecule has 1 aromatic carbocycles.